The molecule has 1 heterocycles. The Morgan fingerprint density at radius 3 is 2.39 bits per heavy atom. The van der Waals surface area contributed by atoms with Crippen molar-refractivity contribution >= 4 is 14.6 Å². The Hall–Kier alpha value is -0.960. The van der Waals surface area contributed by atoms with Gasteiger partial charge in [-0.3, -0.25) is 13.1 Å². The van der Waals surface area contributed by atoms with Gasteiger partial charge in [-0.2, -0.15) is 0 Å². The first-order chi connectivity index (χ1) is 8.01. The predicted octanol–water partition coefficient (Wildman–Crippen LogP) is 3.21. The zero-order chi connectivity index (χ0) is 13.7. The molecular weight excluding hydrogens is 244 g/mol. The van der Waals surface area contributed by atoms with Crippen molar-refractivity contribution in [3.05, 3.63) is 23.3 Å². The molecule has 1 aromatic rings. The van der Waals surface area contributed by atoms with Gasteiger partial charge in [-0.05, 0) is 66.7 Å². The summed E-state index contributed by atoms with van der Waals surface area (Å²) in [4.78, 5) is 12.6. The molecule has 0 N–H and O–H groups in total. The van der Waals surface area contributed by atoms with E-state index in [4.69, 9.17) is 4.74 Å². The second-order valence-electron chi connectivity index (χ2n) is 8.17. The van der Waals surface area contributed by atoms with Crippen LogP contribution in [0.1, 0.15) is 22.3 Å². The van der Waals surface area contributed by atoms with Crippen LogP contribution in [0.5, 0.6) is 5.75 Å². The molecule has 0 amide bonds. The number of fused-ring (bicyclic) bond motifs is 1. The van der Waals surface area contributed by atoms with E-state index in [0.717, 1.165) is 37.0 Å². The molecule has 0 atom stereocenters. The summed E-state index contributed by atoms with van der Waals surface area (Å²) in [5, 5.41) is 0. The average Bonchev–Trinajstić information content (AvgIpc) is 2.24. The molecule has 102 valence electrons. The second-order valence-corrected chi connectivity index (χ2v) is 18.8. The first-order valence-electron chi connectivity index (χ1n) is 6.27. The van der Waals surface area contributed by atoms with Gasteiger partial charge in [0.15, 0.2) is 6.29 Å². The van der Waals surface area contributed by atoms with Crippen molar-refractivity contribution < 1.29 is 9.53 Å². The number of rotatable bonds is 2. The molecule has 0 aromatic heterocycles. The van der Waals surface area contributed by atoms with Crippen LogP contribution in [0, 0.1) is 0 Å². The molecule has 18 heavy (non-hydrogen) atoms. The van der Waals surface area contributed by atoms with Gasteiger partial charge in [-0.1, -0.05) is 0 Å². The van der Waals surface area contributed by atoms with E-state index < -0.39 is 8.29 Å². The maximum absolute atomic E-state index is 11.4. The zero-order valence-corrected chi connectivity index (χ0v) is 12.9. The molecule has 2 rings (SSSR count). The van der Waals surface area contributed by atoms with Gasteiger partial charge >= 0.3 is 0 Å². The average molecular weight is 268 g/mol. The van der Waals surface area contributed by atoms with Gasteiger partial charge in [0.25, 0.3) is 0 Å². The van der Waals surface area contributed by atoms with Gasteiger partial charge in [-0.25, -0.2) is 0 Å². The van der Waals surface area contributed by atoms with Crippen molar-refractivity contribution in [2.45, 2.75) is 17.7 Å². The van der Waals surface area contributed by atoms with E-state index in [1.165, 1.54) is 10.5 Å². The van der Waals surface area contributed by atoms with Crippen molar-refractivity contribution in [1.29, 1.82) is 0 Å². The molecule has 1 aromatic carbocycles. The van der Waals surface area contributed by atoms with E-state index in [2.05, 4.69) is 37.3 Å². The fraction of sp³-hybridized carbons (Fsp3) is 0.533. The molecule has 0 bridgehead atoms. The number of hydrogen-bond donors (Lipinski definition) is 0. The van der Waals surface area contributed by atoms with E-state index in [1.54, 1.807) is 0 Å². The first kappa shape index (κ1) is 13.5. The highest BCUT2D eigenvalue weighted by molar-refractivity contribution is 8.62. The summed E-state index contributed by atoms with van der Waals surface area (Å²) in [5.74, 6) is 0.897. The van der Waals surface area contributed by atoms with Gasteiger partial charge in [0.1, 0.15) is 5.75 Å². The number of carbonyl (C=O) groups excluding carboxylic acids is 1. The van der Waals surface area contributed by atoms with E-state index in [-0.39, 0.29) is 0 Å². The Morgan fingerprint density at radius 1 is 1.17 bits per heavy atom. The molecule has 0 spiro atoms. The van der Waals surface area contributed by atoms with Crippen molar-refractivity contribution in [2.24, 2.45) is 0 Å². The molecule has 3 heteroatoms. The van der Waals surface area contributed by atoms with Crippen molar-refractivity contribution in [3.8, 4) is 5.75 Å². The molecule has 2 nitrogen and oxygen atoms in total. The number of carbonyl (C=O) groups is 1. The molecule has 0 fully saturated rings. The highest BCUT2D eigenvalue weighted by Crippen LogP contribution is 2.82. The van der Waals surface area contributed by atoms with Crippen LogP contribution in [0.2, 0.25) is 0 Å². The summed E-state index contributed by atoms with van der Waals surface area (Å²) >= 11 is 0. The van der Waals surface area contributed by atoms with E-state index in [1.807, 2.05) is 6.07 Å². The number of aryl methyl sites for hydroxylation is 1. The fourth-order valence-corrected chi connectivity index (χ4v) is 4.39. The summed E-state index contributed by atoms with van der Waals surface area (Å²) in [6.07, 6.45) is 14.5. The van der Waals surface area contributed by atoms with Crippen LogP contribution in [-0.2, 0) is 6.42 Å². The standard InChI is InChI=1S/C15H24O2S/c1-18(2,3,4,5)15-10-12-7-6-8-17-14(12)9-13(15)11-16/h9-11H,6-8H2,1-5H3. The smallest absolute Gasteiger partial charge is 0.151 e. The largest absolute Gasteiger partial charge is 0.493 e. The van der Waals surface area contributed by atoms with Crippen LogP contribution < -0.4 is 4.74 Å². The molecule has 0 saturated heterocycles. The monoisotopic (exact) mass is 268 g/mol. The lowest BCUT2D eigenvalue weighted by molar-refractivity contribution is 0.112. The van der Waals surface area contributed by atoms with E-state index >= 15 is 0 Å². The quantitative estimate of drug-likeness (QED) is 0.770. The zero-order valence-electron chi connectivity index (χ0n) is 12.1. The number of aldehydes is 1. The normalized spacial score (nSPS) is 19.2. The molecule has 0 radical (unpaired) electrons. The van der Waals surface area contributed by atoms with Crippen LogP contribution in [0.15, 0.2) is 17.0 Å². The summed E-state index contributed by atoms with van der Waals surface area (Å²) in [6.45, 7) is 0.761. The fourth-order valence-electron chi connectivity index (χ4n) is 2.37. The number of ether oxygens (including phenoxy) is 1. The van der Waals surface area contributed by atoms with Crippen LogP contribution in [0.4, 0.5) is 0 Å². The van der Waals surface area contributed by atoms with Gasteiger partial charge < -0.3 is 4.74 Å². The van der Waals surface area contributed by atoms with Crippen molar-refractivity contribution in [2.75, 3.05) is 37.9 Å². The van der Waals surface area contributed by atoms with Crippen LogP contribution >= 0.6 is 8.29 Å². The van der Waals surface area contributed by atoms with Crippen molar-refractivity contribution in [3.63, 3.8) is 0 Å². The Kier molecular flexibility index (Phi) is 2.49. The second kappa shape index (κ2) is 3.32. The van der Waals surface area contributed by atoms with Crippen LogP contribution in [0.3, 0.4) is 0 Å². The van der Waals surface area contributed by atoms with Gasteiger partial charge in [0.05, 0.1) is 6.61 Å². The highest BCUT2D eigenvalue weighted by Gasteiger charge is 2.41. The molecule has 0 aliphatic carbocycles. The molecule has 1 aliphatic rings. The molecule has 1 aliphatic heterocycles. The summed E-state index contributed by atoms with van der Waals surface area (Å²) < 4.78 is 5.65. The Bertz CT molecular complexity index is 509. The lowest BCUT2D eigenvalue weighted by atomic mass is 10.0. The minimum Gasteiger partial charge on any atom is -0.493 e. The summed E-state index contributed by atoms with van der Waals surface area (Å²) in [7, 11) is -2.36. The lowest BCUT2D eigenvalue weighted by Crippen LogP contribution is -2.31. The number of hydrogen-bond acceptors (Lipinski definition) is 2. The predicted molar refractivity (Wildman–Crippen MR) is 81.1 cm³/mol. The van der Waals surface area contributed by atoms with Gasteiger partial charge in [0, 0.05) is 5.56 Å². The molecule has 0 saturated carbocycles. The topological polar surface area (TPSA) is 26.3 Å². The first-order valence-corrected chi connectivity index (χ1v) is 10.8. The lowest BCUT2D eigenvalue weighted by Gasteiger charge is -2.66. The van der Waals surface area contributed by atoms with Gasteiger partial charge in [0.2, 0.25) is 0 Å². The van der Waals surface area contributed by atoms with E-state index in [9.17, 15) is 4.79 Å². The number of benzene rings is 1. The third-order valence-electron chi connectivity index (χ3n) is 3.27. The molecule has 0 unspecified atom stereocenters. The maximum Gasteiger partial charge on any atom is 0.151 e. The van der Waals surface area contributed by atoms with Crippen molar-refractivity contribution in [1.82, 2.24) is 0 Å². The molecular formula is C15H24O2S. The Labute approximate surface area is 109 Å². The Morgan fingerprint density at radius 2 is 1.83 bits per heavy atom. The highest BCUT2D eigenvalue weighted by atomic mass is 32.4. The third kappa shape index (κ3) is 2.56. The third-order valence-corrected chi connectivity index (χ3v) is 5.82. The van der Waals surface area contributed by atoms with Crippen LogP contribution in [0.25, 0.3) is 0 Å². The Balaban J connectivity index is 2.72. The SMILES string of the molecule is CS(C)(C)(C)(C)c1cc2c(cc1C=O)OCCC2. The summed E-state index contributed by atoms with van der Waals surface area (Å²) in [6, 6.07) is 4.14. The summed E-state index contributed by atoms with van der Waals surface area (Å²) in [5.41, 5.74) is 2.04. The minimum absolute atomic E-state index is 0.761. The minimum atomic E-state index is -2.36. The van der Waals surface area contributed by atoms with Crippen LogP contribution in [-0.4, -0.2) is 44.2 Å². The van der Waals surface area contributed by atoms with Gasteiger partial charge in [-0.15, -0.1) is 0 Å². The van der Waals surface area contributed by atoms with E-state index in [0.29, 0.717) is 0 Å². The maximum atomic E-state index is 11.4.